The van der Waals surface area contributed by atoms with Gasteiger partial charge < -0.3 is 19.7 Å². The largest absolute Gasteiger partial charge is 0.508 e. The Kier molecular flexibility index (Phi) is 4.81. The van der Waals surface area contributed by atoms with Crippen LogP contribution in [0.1, 0.15) is 55.9 Å². The normalized spacial score (nSPS) is 18.8. The molecule has 4 nitrogen and oxygen atoms in total. The number of fused-ring (bicyclic) bond motifs is 2. The van der Waals surface area contributed by atoms with Gasteiger partial charge in [0, 0.05) is 28.7 Å². The zero-order valence-electron chi connectivity index (χ0n) is 17.5. The second-order valence-electron chi connectivity index (χ2n) is 8.74. The minimum atomic E-state index is -0.407. The fourth-order valence-corrected chi connectivity index (χ4v) is 3.96. The van der Waals surface area contributed by atoms with Crippen LogP contribution in [0.4, 0.5) is 0 Å². The predicted octanol–water partition coefficient (Wildman–Crippen LogP) is 5.51. The second kappa shape index (κ2) is 7.18. The monoisotopic (exact) mass is 392 g/mol. The second-order valence-corrected chi connectivity index (χ2v) is 8.74. The molecule has 0 aliphatic carbocycles. The molecule has 0 radical (unpaired) electrons. The van der Waals surface area contributed by atoms with Crippen LogP contribution in [-0.2, 0) is 12.8 Å². The fraction of sp³-hybridized carbons (Fsp3) is 0.360. The lowest BCUT2D eigenvalue weighted by molar-refractivity contribution is 0.156. The number of hydrogen-bond donors (Lipinski definition) is 2. The Hall–Kier alpha value is -2.88. The third-order valence-corrected chi connectivity index (χ3v) is 5.55. The first kappa shape index (κ1) is 19.4. The molecule has 2 aliphatic heterocycles. The van der Waals surface area contributed by atoms with Crippen LogP contribution in [0, 0.1) is 0 Å². The topological polar surface area (TPSA) is 58.9 Å². The van der Waals surface area contributed by atoms with Crippen LogP contribution in [0.3, 0.4) is 0 Å². The Morgan fingerprint density at radius 3 is 2.76 bits per heavy atom. The zero-order valence-corrected chi connectivity index (χ0v) is 17.5. The van der Waals surface area contributed by atoms with Crippen molar-refractivity contribution in [3.05, 3.63) is 64.2 Å². The highest BCUT2D eigenvalue weighted by molar-refractivity contribution is 5.69. The van der Waals surface area contributed by atoms with Crippen molar-refractivity contribution in [1.82, 2.24) is 0 Å². The van der Waals surface area contributed by atoms with Gasteiger partial charge in [0.25, 0.3) is 0 Å². The molecule has 2 N–H and O–H groups in total. The average Bonchev–Trinajstić information content (AvgIpc) is 2.66. The molecule has 0 aromatic heterocycles. The van der Waals surface area contributed by atoms with E-state index in [0.717, 1.165) is 34.4 Å². The van der Waals surface area contributed by atoms with Crippen LogP contribution in [0.5, 0.6) is 23.0 Å². The Morgan fingerprint density at radius 2 is 2.00 bits per heavy atom. The van der Waals surface area contributed by atoms with Crippen molar-refractivity contribution in [3.8, 4) is 23.0 Å². The minimum absolute atomic E-state index is 0.0335. The highest BCUT2D eigenvalue weighted by Gasteiger charge is 2.30. The van der Waals surface area contributed by atoms with Crippen molar-refractivity contribution in [3.63, 3.8) is 0 Å². The van der Waals surface area contributed by atoms with Gasteiger partial charge in [0.05, 0.1) is 6.61 Å². The lowest BCUT2D eigenvalue weighted by Crippen LogP contribution is -2.28. The summed E-state index contributed by atoms with van der Waals surface area (Å²) in [5.74, 6) is 2.01. The maximum absolute atomic E-state index is 11.2. The van der Waals surface area contributed by atoms with Crippen LogP contribution >= 0.6 is 0 Å². The third kappa shape index (κ3) is 3.84. The molecule has 0 spiro atoms. The quantitative estimate of drug-likeness (QED) is 0.676. The summed E-state index contributed by atoms with van der Waals surface area (Å²) in [6.07, 6.45) is 7.62. The summed E-state index contributed by atoms with van der Waals surface area (Å²) in [6.45, 7) is 8.60. The Morgan fingerprint density at radius 1 is 1.21 bits per heavy atom. The van der Waals surface area contributed by atoms with Gasteiger partial charge in [-0.2, -0.15) is 0 Å². The van der Waals surface area contributed by atoms with Gasteiger partial charge in [-0.3, -0.25) is 0 Å². The van der Waals surface area contributed by atoms with Gasteiger partial charge >= 0.3 is 0 Å². The number of allylic oxidation sites excluding steroid dienone is 2. The van der Waals surface area contributed by atoms with E-state index in [1.54, 1.807) is 12.1 Å². The standard InChI is InChI=1S/C25H28O4/c1-15(2)5-8-20-23(27)21(12-17-9-10-25(3,4)29-24(17)20)18-11-16-6-7-19(26)13-22(16)28-14-18/h5-7,9-10,12-13,18,26-27H,8,11,14H2,1-4H3/t18-/m0/s1. The van der Waals surface area contributed by atoms with Gasteiger partial charge in [-0.15, -0.1) is 0 Å². The first-order chi connectivity index (χ1) is 13.7. The molecule has 0 saturated carbocycles. The summed E-state index contributed by atoms with van der Waals surface area (Å²) >= 11 is 0. The van der Waals surface area contributed by atoms with Gasteiger partial charge in [0.15, 0.2) is 0 Å². The highest BCUT2D eigenvalue weighted by Crippen LogP contribution is 2.45. The van der Waals surface area contributed by atoms with Crippen LogP contribution < -0.4 is 9.47 Å². The van der Waals surface area contributed by atoms with Crippen LogP contribution in [0.2, 0.25) is 0 Å². The molecular weight excluding hydrogens is 364 g/mol. The molecule has 2 heterocycles. The lowest BCUT2D eigenvalue weighted by Gasteiger charge is -2.32. The molecule has 1 atom stereocenters. The van der Waals surface area contributed by atoms with Gasteiger partial charge in [-0.25, -0.2) is 0 Å². The number of hydrogen-bond acceptors (Lipinski definition) is 4. The molecule has 4 heteroatoms. The maximum Gasteiger partial charge on any atom is 0.135 e. The summed E-state index contributed by atoms with van der Waals surface area (Å²) in [6, 6.07) is 7.25. The van der Waals surface area contributed by atoms with Crippen molar-refractivity contribution in [2.75, 3.05) is 6.61 Å². The van der Waals surface area contributed by atoms with Crippen molar-refractivity contribution in [2.45, 2.75) is 52.1 Å². The van der Waals surface area contributed by atoms with E-state index in [1.807, 2.05) is 26.0 Å². The SMILES string of the molecule is CC(C)=CCc1c(O)c([C@@H]2COc3cc(O)ccc3C2)cc2c1OC(C)(C)C=C2. The molecule has 0 amide bonds. The molecule has 29 heavy (non-hydrogen) atoms. The van der Waals surface area contributed by atoms with E-state index in [0.29, 0.717) is 24.5 Å². The van der Waals surface area contributed by atoms with E-state index in [4.69, 9.17) is 9.47 Å². The molecule has 2 aliphatic rings. The van der Waals surface area contributed by atoms with E-state index in [-0.39, 0.29) is 11.7 Å². The fourth-order valence-electron chi connectivity index (χ4n) is 3.96. The predicted molar refractivity (Wildman–Crippen MR) is 115 cm³/mol. The number of phenolic OH excluding ortho intramolecular Hbond substituents is 2. The first-order valence-electron chi connectivity index (χ1n) is 10.1. The summed E-state index contributed by atoms with van der Waals surface area (Å²) in [5.41, 5.74) is 4.53. The third-order valence-electron chi connectivity index (χ3n) is 5.55. The number of phenols is 2. The van der Waals surface area contributed by atoms with Gasteiger partial charge in [-0.1, -0.05) is 23.8 Å². The average molecular weight is 392 g/mol. The smallest absolute Gasteiger partial charge is 0.135 e. The molecule has 0 bridgehead atoms. The van der Waals surface area contributed by atoms with Crippen LogP contribution in [0.25, 0.3) is 6.08 Å². The summed E-state index contributed by atoms with van der Waals surface area (Å²) in [4.78, 5) is 0. The van der Waals surface area contributed by atoms with Gasteiger partial charge in [0.1, 0.15) is 28.6 Å². The zero-order chi connectivity index (χ0) is 20.8. The van der Waals surface area contributed by atoms with E-state index in [2.05, 4.69) is 32.1 Å². The lowest BCUT2D eigenvalue weighted by atomic mass is 9.85. The summed E-state index contributed by atoms with van der Waals surface area (Å²) in [7, 11) is 0. The van der Waals surface area contributed by atoms with E-state index in [1.165, 1.54) is 5.57 Å². The van der Waals surface area contributed by atoms with Gasteiger partial charge in [0.2, 0.25) is 0 Å². The first-order valence-corrected chi connectivity index (χ1v) is 10.1. The maximum atomic E-state index is 11.2. The Balaban J connectivity index is 1.77. The molecule has 2 aromatic rings. The van der Waals surface area contributed by atoms with E-state index < -0.39 is 5.60 Å². The van der Waals surface area contributed by atoms with Gasteiger partial charge in [-0.05, 0) is 64.3 Å². The van der Waals surface area contributed by atoms with Crippen molar-refractivity contribution in [2.24, 2.45) is 0 Å². The van der Waals surface area contributed by atoms with Crippen molar-refractivity contribution < 1.29 is 19.7 Å². The van der Waals surface area contributed by atoms with E-state index in [9.17, 15) is 10.2 Å². The molecule has 152 valence electrons. The minimum Gasteiger partial charge on any atom is -0.508 e. The number of rotatable bonds is 3. The van der Waals surface area contributed by atoms with Crippen LogP contribution in [-0.4, -0.2) is 22.4 Å². The molecular formula is C25H28O4. The van der Waals surface area contributed by atoms with Crippen LogP contribution in [0.15, 0.2) is 42.0 Å². The van der Waals surface area contributed by atoms with Crippen molar-refractivity contribution in [1.29, 1.82) is 0 Å². The Labute approximate surface area is 172 Å². The summed E-state index contributed by atoms with van der Waals surface area (Å²) in [5, 5.41) is 20.9. The van der Waals surface area contributed by atoms with Crippen molar-refractivity contribution >= 4 is 6.08 Å². The number of ether oxygens (including phenoxy) is 2. The highest BCUT2D eigenvalue weighted by atomic mass is 16.5. The Bertz CT molecular complexity index is 1010. The molecule has 0 fully saturated rings. The molecule has 4 rings (SSSR count). The summed E-state index contributed by atoms with van der Waals surface area (Å²) < 4.78 is 12.1. The number of benzene rings is 2. The van der Waals surface area contributed by atoms with E-state index >= 15 is 0 Å². The molecule has 0 saturated heterocycles. The molecule has 0 unspecified atom stereocenters. The number of aromatic hydroxyl groups is 2. The molecule has 2 aromatic carbocycles.